The zero-order valence-electron chi connectivity index (χ0n) is 28.3. The van der Waals surface area contributed by atoms with Gasteiger partial charge in [-0.25, -0.2) is 4.79 Å². The van der Waals surface area contributed by atoms with E-state index in [0.717, 1.165) is 52.0 Å². The molecule has 0 aliphatic carbocycles. The van der Waals surface area contributed by atoms with Gasteiger partial charge in [-0.1, -0.05) is 116 Å². The lowest BCUT2D eigenvalue weighted by molar-refractivity contribution is -0.277. The summed E-state index contributed by atoms with van der Waals surface area (Å²) < 4.78 is 18.5. The summed E-state index contributed by atoms with van der Waals surface area (Å²) in [5, 5.41) is 24.6. The van der Waals surface area contributed by atoms with Crippen LogP contribution in [0.3, 0.4) is 0 Å². The van der Waals surface area contributed by atoms with E-state index in [-0.39, 0.29) is 31.3 Å². The quantitative estimate of drug-likeness (QED) is 0.138. The Balaban J connectivity index is 1.19. The molecule has 0 aromatic heterocycles. The van der Waals surface area contributed by atoms with Crippen molar-refractivity contribution in [3.8, 4) is 11.1 Å². The fourth-order valence-electron chi connectivity index (χ4n) is 6.87. The standard InChI is InChI=1S/C41H45ClN2O6/c1-3-24-48-40(46)43-25-33-6-4-5-7-36(33)30-12-14-32(15-13-30)39-49-37(28(2)38(50-39)31-10-8-29(27-45)9-11-31)26-44-22-20-41(47,21-23-44)34-16-18-35(42)19-17-34/h3-19,28,37-39,45,47H,1,20-27H2,2H3,(H,43,46)/t28-,37+,38+,39+/m1/s1. The van der Waals surface area contributed by atoms with Gasteiger partial charge < -0.3 is 34.6 Å². The Morgan fingerprint density at radius 1 is 0.980 bits per heavy atom. The predicted molar refractivity (Wildman–Crippen MR) is 194 cm³/mol. The molecule has 2 saturated heterocycles. The normalized spacial score (nSPS) is 22.1. The molecule has 0 bridgehead atoms. The first-order valence-electron chi connectivity index (χ1n) is 17.2. The maximum absolute atomic E-state index is 12.0. The minimum Gasteiger partial charge on any atom is -0.445 e. The number of carbonyl (C=O) groups excluding carboxylic acids is 1. The Morgan fingerprint density at radius 3 is 2.34 bits per heavy atom. The first-order chi connectivity index (χ1) is 24.3. The molecule has 0 radical (unpaired) electrons. The fourth-order valence-corrected chi connectivity index (χ4v) is 6.99. The summed E-state index contributed by atoms with van der Waals surface area (Å²) >= 11 is 6.10. The summed E-state index contributed by atoms with van der Waals surface area (Å²) in [7, 11) is 0. The van der Waals surface area contributed by atoms with Crippen molar-refractivity contribution in [2.75, 3.05) is 26.2 Å². The van der Waals surface area contributed by atoms with Crippen LogP contribution in [0.15, 0.2) is 110 Å². The second-order valence-electron chi connectivity index (χ2n) is 13.2. The molecule has 3 N–H and O–H groups in total. The molecule has 8 nitrogen and oxygen atoms in total. The molecule has 0 saturated carbocycles. The number of rotatable bonds is 11. The molecule has 4 aromatic rings. The van der Waals surface area contributed by atoms with Crippen molar-refractivity contribution >= 4 is 17.7 Å². The number of alkyl carbamates (subject to hydrolysis) is 1. The molecule has 2 heterocycles. The molecule has 0 spiro atoms. The summed E-state index contributed by atoms with van der Waals surface area (Å²) in [5.74, 6) is 0.0418. The van der Waals surface area contributed by atoms with E-state index in [9.17, 15) is 15.0 Å². The second-order valence-corrected chi connectivity index (χ2v) is 13.6. The maximum Gasteiger partial charge on any atom is 0.407 e. The number of hydrogen-bond donors (Lipinski definition) is 3. The van der Waals surface area contributed by atoms with E-state index in [1.165, 1.54) is 6.08 Å². The molecule has 2 fully saturated rings. The van der Waals surface area contributed by atoms with Gasteiger partial charge in [0.15, 0.2) is 6.29 Å². The molecular weight excluding hydrogens is 652 g/mol. The molecule has 4 atom stereocenters. The van der Waals surface area contributed by atoms with Crippen LogP contribution in [0.1, 0.15) is 60.0 Å². The summed E-state index contributed by atoms with van der Waals surface area (Å²) in [6.45, 7) is 8.39. The van der Waals surface area contributed by atoms with Crippen LogP contribution >= 0.6 is 11.6 Å². The number of aliphatic hydroxyl groups is 2. The topological polar surface area (TPSA) is 100 Å². The van der Waals surface area contributed by atoms with E-state index in [2.05, 4.69) is 35.9 Å². The van der Waals surface area contributed by atoms with Gasteiger partial charge in [0.05, 0.1) is 24.4 Å². The lowest BCUT2D eigenvalue weighted by atomic mass is 9.84. The molecule has 262 valence electrons. The minimum atomic E-state index is -0.881. The van der Waals surface area contributed by atoms with Crippen molar-refractivity contribution in [3.05, 3.63) is 143 Å². The number of benzene rings is 4. The van der Waals surface area contributed by atoms with Crippen LogP contribution in [0.5, 0.6) is 0 Å². The third-order valence-electron chi connectivity index (χ3n) is 9.89. The lowest BCUT2D eigenvalue weighted by Crippen LogP contribution is -2.49. The van der Waals surface area contributed by atoms with Gasteiger partial charge >= 0.3 is 6.09 Å². The van der Waals surface area contributed by atoms with Crippen LogP contribution in [-0.4, -0.2) is 53.6 Å². The molecule has 2 aliphatic rings. The SMILES string of the molecule is C=CCOC(=O)NCc1ccccc1-c1ccc([C@H]2O[C@@H](CN3CCC(O)(c4ccc(Cl)cc4)CC3)[C@@H](C)[C@@H](c3ccc(CO)cc3)O2)cc1. The number of likely N-dealkylation sites (tertiary alicyclic amines) is 1. The van der Waals surface area contributed by atoms with Gasteiger partial charge in [0.1, 0.15) is 6.61 Å². The average Bonchev–Trinajstić information content (AvgIpc) is 3.15. The number of carbonyl (C=O) groups is 1. The highest BCUT2D eigenvalue weighted by molar-refractivity contribution is 6.30. The Kier molecular flexibility index (Phi) is 11.7. The highest BCUT2D eigenvalue weighted by Gasteiger charge is 2.41. The molecule has 6 rings (SSSR count). The van der Waals surface area contributed by atoms with E-state index in [1.807, 2.05) is 84.9 Å². The van der Waals surface area contributed by atoms with E-state index in [4.69, 9.17) is 25.8 Å². The molecule has 9 heteroatoms. The van der Waals surface area contributed by atoms with E-state index in [1.54, 1.807) is 0 Å². The van der Waals surface area contributed by atoms with Gasteiger partial charge in [0.2, 0.25) is 0 Å². The number of aliphatic hydroxyl groups excluding tert-OH is 1. The van der Waals surface area contributed by atoms with Crippen LogP contribution in [0.4, 0.5) is 4.79 Å². The maximum atomic E-state index is 12.0. The Bertz CT molecular complexity index is 1720. The molecule has 1 amide bonds. The smallest absolute Gasteiger partial charge is 0.407 e. The zero-order valence-corrected chi connectivity index (χ0v) is 29.1. The minimum absolute atomic E-state index is 0.0159. The van der Waals surface area contributed by atoms with Gasteiger partial charge in [-0.3, -0.25) is 0 Å². The van der Waals surface area contributed by atoms with Gasteiger partial charge in [-0.2, -0.15) is 0 Å². The largest absolute Gasteiger partial charge is 0.445 e. The molecule has 4 aromatic carbocycles. The van der Waals surface area contributed by atoms with Crippen molar-refractivity contribution in [2.24, 2.45) is 5.92 Å². The average molecular weight is 697 g/mol. The molecule has 0 unspecified atom stereocenters. The van der Waals surface area contributed by atoms with Crippen molar-refractivity contribution in [2.45, 2.75) is 57.0 Å². The third-order valence-corrected chi connectivity index (χ3v) is 10.1. The van der Waals surface area contributed by atoms with E-state index < -0.39 is 18.0 Å². The van der Waals surface area contributed by atoms with Crippen molar-refractivity contribution in [1.82, 2.24) is 10.2 Å². The molecular formula is C41H45ClN2O6. The van der Waals surface area contributed by atoms with Crippen LogP contribution in [0.2, 0.25) is 5.02 Å². The van der Waals surface area contributed by atoms with Crippen molar-refractivity contribution in [3.63, 3.8) is 0 Å². The number of ether oxygens (including phenoxy) is 3. The highest BCUT2D eigenvalue weighted by atomic mass is 35.5. The fraction of sp³-hybridized carbons (Fsp3) is 0.341. The number of hydrogen-bond acceptors (Lipinski definition) is 7. The summed E-state index contributed by atoms with van der Waals surface area (Å²) in [6.07, 6.45) is 1.32. The number of halogens is 1. The van der Waals surface area contributed by atoms with E-state index in [0.29, 0.717) is 31.0 Å². The molecule has 2 aliphatic heterocycles. The van der Waals surface area contributed by atoms with Gasteiger partial charge in [0.25, 0.3) is 0 Å². The monoisotopic (exact) mass is 696 g/mol. The zero-order chi connectivity index (χ0) is 35.1. The van der Waals surface area contributed by atoms with Crippen molar-refractivity contribution < 1.29 is 29.2 Å². The Hall–Kier alpha value is -4.02. The number of amides is 1. The molecule has 50 heavy (non-hydrogen) atoms. The number of nitrogens with zero attached hydrogens (tertiary/aromatic N) is 1. The van der Waals surface area contributed by atoms with Gasteiger partial charge in [0, 0.05) is 42.7 Å². The summed E-state index contributed by atoms with van der Waals surface area (Å²) in [5.41, 5.74) is 5.78. The van der Waals surface area contributed by atoms with Crippen LogP contribution in [0, 0.1) is 5.92 Å². The third kappa shape index (κ3) is 8.46. The first kappa shape index (κ1) is 35.8. The van der Waals surface area contributed by atoms with E-state index >= 15 is 0 Å². The van der Waals surface area contributed by atoms with Gasteiger partial charge in [-0.15, -0.1) is 0 Å². The summed E-state index contributed by atoms with van der Waals surface area (Å²) in [6, 6.07) is 31.6. The number of piperidine rings is 1. The van der Waals surface area contributed by atoms with Gasteiger partial charge in [-0.05, 0) is 58.4 Å². The highest BCUT2D eigenvalue weighted by Crippen LogP contribution is 2.43. The van der Waals surface area contributed by atoms with Crippen LogP contribution < -0.4 is 5.32 Å². The lowest BCUT2D eigenvalue weighted by Gasteiger charge is -2.45. The van der Waals surface area contributed by atoms with Crippen LogP contribution in [0.25, 0.3) is 11.1 Å². The predicted octanol–water partition coefficient (Wildman–Crippen LogP) is 7.69. The summed E-state index contributed by atoms with van der Waals surface area (Å²) in [4.78, 5) is 14.4. The number of nitrogens with one attached hydrogen (secondary N) is 1. The second kappa shape index (κ2) is 16.3. The van der Waals surface area contributed by atoms with Crippen molar-refractivity contribution in [1.29, 1.82) is 0 Å². The van der Waals surface area contributed by atoms with Crippen LogP contribution in [-0.2, 0) is 33.0 Å². The Morgan fingerprint density at radius 2 is 1.66 bits per heavy atom. The Labute approximate surface area is 299 Å². The first-order valence-corrected chi connectivity index (χ1v) is 17.6.